The van der Waals surface area contributed by atoms with Gasteiger partial charge in [-0.3, -0.25) is 0 Å². The lowest BCUT2D eigenvalue weighted by Gasteiger charge is -2.11. The molecule has 0 aliphatic heterocycles. The van der Waals surface area contributed by atoms with E-state index in [1.807, 2.05) is 13.0 Å². The number of hydrogen-bond donors (Lipinski definition) is 2. The molecule has 0 saturated heterocycles. The molecule has 3 nitrogen and oxygen atoms in total. The van der Waals surface area contributed by atoms with Gasteiger partial charge in [0.2, 0.25) is 0 Å². The Morgan fingerprint density at radius 1 is 1.35 bits per heavy atom. The fourth-order valence-electron chi connectivity index (χ4n) is 1.41. The summed E-state index contributed by atoms with van der Waals surface area (Å²) in [5.74, 6) is 5.76. The van der Waals surface area contributed by atoms with Crippen LogP contribution in [0, 0.1) is 23.2 Å². The van der Waals surface area contributed by atoms with Gasteiger partial charge in [-0.25, -0.2) is 0 Å². The van der Waals surface area contributed by atoms with Crippen LogP contribution in [0.4, 0.5) is 0 Å². The monoisotopic (exact) mass is 228 g/mol. The van der Waals surface area contributed by atoms with E-state index in [1.54, 1.807) is 24.3 Å². The minimum Gasteiger partial charge on any atom is -0.387 e. The van der Waals surface area contributed by atoms with Crippen molar-refractivity contribution in [2.45, 2.75) is 19.4 Å². The van der Waals surface area contributed by atoms with E-state index in [1.165, 1.54) is 0 Å². The van der Waals surface area contributed by atoms with Crippen molar-refractivity contribution in [2.24, 2.45) is 0 Å². The quantitative estimate of drug-likeness (QED) is 0.594. The molecule has 1 rings (SSSR count). The van der Waals surface area contributed by atoms with Gasteiger partial charge in [0.15, 0.2) is 0 Å². The summed E-state index contributed by atoms with van der Waals surface area (Å²) < 4.78 is 0. The molecule has 17 heavy (non-hydrogen) atoms. The van der Waals surface area contributed by atoms with Gasteiger partial charge >= 0.3 is 0 Å². The van der Waals surface area contributed by atoms with E-state index in [2.05, 4.69) is 17.2 Å². The smallest absolute Gasteiger partial charge is 0.0991 e. The molecule has 1 aromatic rings. The summed E-state index contributed by atoms with van der Waals surface area (Å²) >= 11 is 0. The van der Waals surface area contributed by atoms with Gasteiger partial charge in [-0.05, 0) is 24.6 Å². The van der Waals surface area contributed by atoms with Crippen LogP contribution in [0.1, 0.15) is 30.6 Å². The first-order valence-corrected chi connectivity index (χ1v) is 5.56. The van der Waals surface area contributed by atoms with Crippen molar-refractivity contribution in [3.63, 3.8) is 0 Å². The Morgan fingerprint density at radius 3 is 2.65 bits per heavy atom. The van der Waals surface area contributed by atoms with E-state index in [-0.39, 0.29) is 0 Å². The first-order chi connectivity index (χ1) is 8.27. The van der Waals surface area contributed by atoms with Gasteiger partial charge in [0, 0.05) is 19.5 Å². The second-order valence-corrected chi connectivity index (χ2v) is 3.63. The fraction of sp³-hybridized carbons (Fsp3) is 0.357. The fourth-order valence-corrected chi connectivity index (χ4v) is 1.41. The van der Waals surface area contributed by atoms with E-state index >= 15 is 0 Å². The van der Waals surface area contributed by atoms with Crippen molar-refractivity contribution in [1.82, 2.24) is 5.32 Å². The summed E-state index contributed by atoms with van der Waals surface area (Å²) in [5, 5.41) is 21.6. The minimum absolute atomic E-state index is 0.497. The van der Waals surface area contributed by atoms with Gasteiger partial charge in [0.25, 0.3) is 0 Å². The van der Waals surface area contributed by atoms with Gasteiger partial charge in [0.1, 0.15) is 0 Å². The molecule has 1 aromatic carbocycles. The molecule has 1 atom stereocenters. The number of hydrogen-bond acceptors (Lipinski definition) is 3. The summed E-state index contributed by atoms with van der Waals surface area (Å²) in [6.45, 7) is 3.08. The van der Waals surface area contributed by atoms with Gasteiger partial charge < -0.3 is 10.4 Å². The Morgan fingerprint density at radius 2 is 2.06 bits per heavy atom. The van der Waals surface area contributed by atoms with Gasteiger partial charge in [-0.15, -0.1) is 11.8 Å². The van der Waals surface area contributed by atoms with E-state index in [0.29, 0.717) is 12.1 Å². The number of nitrogens with zero attached hydrogens (tertiary/aromatic N) is 1. The second-order valence-electron chi connectivity index (χ2n) is 3.63. The molecule has 3 heteroatoms. The lowest BCUT2D eigenvalue weighted by Crippen LogP contribution is -2.22. The molecular weight excluding hydrogens is 212 g/mol. The van der Waals surface area contributed by atoms with E-state index in [4.69, 9.17) is 5.26 Å². The van der Waals surface area contributed by atoms with Gasteiger partial charge in [0.05, 0.1) is 17.7 Å². The third kappa shape index (κ3) is 4.70. The topological polar surface area (TPSA) is 56.0 Å². The number of aliphatic hydroxyl groups is 1. The zero-order chi connectivity index (χ0) is 12.5. The molecule has 88 valence electrons. The van der Waals surface area contributed by atoms with Crippen LogP contribution in [0.3, 0.4) is 0 Å². The Bertz CT molecular complexity index is 434. The lowest BCUT2D eigenvalue weighted by atomic mass is 10.1. The molecule has 0 aliphatic rings. The summed E-state index contributed by atoms with van der Waals surface area (Å²) in [6, 6.07) is 9.01. The van der Waals surface area contributed by atoms with Crippen LogP contribution in [0.15, 0.2) is 24.3 Å². The van der Waals surface area contributed by atoms with Crippen LogP contribution in [0.25, 0.3) is 0 Å². The van der Waals surface area contributed by atoms with Crippen LogP contribution < -0.4 is 5.32 Å². The average Bonchev–Trinajstić information content (AvgIpc) is 2.38. The number of rotatable bonds is 5. The van der Waals surface area contributed by atoms with Crippen molar-refractivity contribution in [2.75, 3.05) is 13.1 Å². The molecule has 2 N–H and O–H groups in total. The Kier molecular flexibility index (Phi) is 5.82. The Balaban J connectivity index is 2.38. The highest BCUT2D eigenvalue weighted by atomic mass is 16.3. The molecule has 0 fully saturated rings. The summed E-state index contributed by atoms with van der Waals surface area (Å²) in [6.07, 6.45) is 0.244. The highest BCUT2D eigenvalue weighted by Crippen LogP contribution is 2.12. The highest BCUT2D eigenvalue weighted by molar-refractivity contribution is 5.32. The van der Waals surface area contributed by atoms with Crippen molar-refractivity contribution >= 4 is 0 Å². The average molecular weight is 228 g/mol. The maximum Gasteiger partial charge on any atom is 0.0991 e. The van der Waals surface area contributed by atoms with Crippen molar-refractivity contribution in [1.29, 1.82) is 5.26 Å². The normalized spacial score (nSPS) is 11.1. The molecule has 0 amide bonds. The number of aliphatic hydroxyl groups excluding tert-OH is 1. The van der Waals surface area contributed by atoms with Crippen LogP contribution in [0.5, 0.6) is 0 Å². The Hall–Kier alpha value is -1.81. The third-order valence-corrected chi connectivity index (χ3v) is 2.37. The zero-order valence-electron chi connectivity index (χ0n) is 9.90. The zero-order valence-corrected chi connectivity index (χ0v) is 9.90. The summed E-state index contributed by atoms with van der Waals surface area (Å²) in [7, 11) is 0. The number of nitrogens with one attached hydrogen (secondary N) is 1. The second kappa shape index (κ2) is 7.46. The standard InChI is InChI=1S/C14H16N2O/c1-2-3-4-9-16-11-14(17)13-7-5-12(10-15)6-8-13/h5-8,14,16-17H,4,9,11H2,1H3. The van der Waals surface area contributed by atoms with Crippen LogP contribution in [-0.2, 0) is 0 Å². The lowest BCUT2D eigenvalue weighted by molar-refractivity contribution is 0.175. The third-order valence-electron chi connectivity index (χ3n) is 2.37. The first kappa shape index (κ1) is 13.3. The largest absolute Gasteiger partial charge is 0.387 e. The molecule has 0 aliphatic carbocycles. The molecule has 1 unspecified atom stereocenters. The highest BCUT2D eigenvalue weighted by Gasteiger charge is 2.06. The molecule has 0 heterocycles. The summed E-state index contributed by atoms with van der Waals surface area (Å²) in [4.78, 5) is 0. The van der Waals surface area contributed by atoms with Crippen LogP contribution in [-0.4, -0.2) is 18.2 Å². The number of benzene rings is 1. The Labute approximate surface area is 102 Å². The molecular formula is C14H16N2O. The maximum absolute atomic E-state index is 9.86. The van der Waals surface area contributed by atoms with E-state index in [0.717, 1.165) is 18.5 Å². The maximum atomic E-state index is 9.86. The van der Waals surface area contributed by atoms with Gasteiger partial charge in [-0.1, -0.05) is 12.1 Å². The van der Waals surface area contributed by atoms with Crippen LogP contribution >= 0.6 is 0 Å². The molecule has 0 radical (unpaired) electrons. The van der Waals surface area contributed by atoms with E-state index < -0.39 is 6.10 Å². The molecule has 0 saturated carbocycles. The number of nitriles is 1. The molecule has 0 spiro atoms. The van der Waals surface area contributed by atoms with Crippen molar-refractivity contribution in [3.8, 4) is 17.9 Å². The van der Waals surface area contributed by atoms with Crippen LogP contribution in [0.2, 0.25) is 0 Å². The molecule has 0 aromatic heterocycles. The summed E-state index contributed by atoms with van der Waals surface area (Å²) in [5.41, 5.74) is 1.42. The SMILES string of the molecule is CC#CCCNCC(O)c1ccc(C#N)cc1. The predicted molar refractivity (Wildman–Crippen MR) is 67.1 cm³/mol. The van der Waals surface area contributed by atoms with Gasteiger partial charge in [-0.2, -0.15) is 5.26 Å². The molecule has 0 bridgehead atoms. The van der Waals surface area contributed by atoms with Crippen molar-refractivity contribution < 1.29 is 5.11 Å². The minimum atomic E-state index is -0.544. The predicted octanol–water partition coefficient (Wildman–Crippen LogP) is 1.59. The van der Waals surface area contributed by atoms with E-state index in [9.17, 15) is 5.11 Å². The van der Waals surface area contributed by atoms with Crippen molar-refractivity contribution in [3.05, 3.63) is 35.4 Å². The first-order valence-electron chi connectivity index (χ1n) is 5.56.